The summed E-state index contributed by atoms with van der Waals surface area (Å²) >= 11 is 0. The van der Waals surface area contributed by atoms with Crippen LogP contribution < -0.4 is 16.0 Å². The minimum absolute atomic E-state index is 0. The average Bonchev–Trinajstić information content (AvgIpc) is 3.23. The Hall–Kier alpha value is -2.58. The number of rotatable bonds is 4. The maximum Gasteiger partial charge on any atom is 0.416 e. The van der Waals surface area contributed by atoms with Gasteiger partial charge < -0.3 is 20.7 Å². The van der Waals surface area contributed by atoms with Crippen LogP contribution in [0.15, 0.2) is 48.5 Å². The largest absolute Gasteiger partial charge is 0.416 e. The Morgan fingerprint density at radius 2 is 1.93 bits per heavy atom. The number of hydrogen-bond donors (Lipinski definition) is 3. The third kappa shape index (κ3) is 4.13. The van der Waals surface area contributed by atoms with Gasteiger partial charge in [0.1, 0.15) is 0 Å². The molecule has 2 saturated heterocycles. The lowest BCUT2D eigenvalue weighted by molar-refractivity contribution is -0.137. The predicted octanol–water partition coefficient (Wildman–Crippen LogP) is 4.76. The summed E-state index contributed by atoms with van der Waals surface area (Å²) in [4.78, 5) is 12.1. The molecule has 2 amide bonds. The number of halogens is 3. The molecule has 0 saturated carbocycles. The van der Waals surface area contributed by atoms with Gasteiger partial charge in [0.25, 0.3) is 0 Å². The van der Waals surface area contributed by atoms with E-state index in [9.17, 15) is 18.0 Å². The number of anilines is 2. The highest BCUT2D eigenvalue weighted by Crippen LogP contribution is 2.34. The van der Waals surface area contributed by atoms with Crippen molar-refractivity contribution in [1.82, 2.24) is 5.32 Å². The van der Waals surface area contributed by atoms with Crippen LogP contribution in [-0.2, 0) is 17.3 Å². The van der Waals surface area contributed by atoms with E-state index in [-0.39, 0.29) is 15.6 Å². The fourth-order valence-electron chi connectivity index (χ4n) is 3.76. The third-order valence-corrected chi connectivity index (χ3v) is 5.11. The predicted molar refractivity (Wildman–Crippen MR) is 106 cm³/mol. The van der Waals surface area contributed by atoms with Crippen molar-refractivity contribution in [3.63, 3.8) is 0 Å². The lowest BCUT2D eigenvalue weighted by Gasteiger charge is -2.26. The normalized spacial score (nSPS) is 23.6. The Morgan fingerprint density at radius 3 is 2.54 bits per heavy atom. The number of nitrogens with one attached hydrogen (secondary N) is 3. The zero-order valence-corrected chi connectivity index (χ0v) is 15.0. The summed E-state index contributed by atoms with van der Waals surface area (Å²) in [5.74, 6) is 0. The van der Waals surface area contributed by atoms with Crippen LogP contribution in [0.25, 0.3) is 0 Å². The van der Waals surface area contributed by atoms with E-state index in [1.54, 1.807) is 12.1 Å². The highest BCUT2D eigenvalue weighted by molar-refractivity contribution is 5.99. The molecule has 4 rings (SSSR count). The molecule has 28 heavy (non-hydrogen) atoms. The molecule has 0 spiro atoms. The van der Waals surface area contributed by atoms with Gasteiger partial charge >= 0.3 is 12.2 Å². The molecule has 2 aromatic rings. The zero-order valence-electron chi connectivity index (χ0n) is 15.0. The number of urea groups is 1. The standard InChI is InChI=1S/C20H20F3N3O2.3H2/c21-20(22,23)14-2-1-3-16(8-14)26-18(27)25-15-6-4-13(5-7-15)9-19-10-17(11-28-19)24-12-19;;;/h1-8,17,24H,9-12H2,(H2,25,26,27);3*1H/t17?,19-;;;/m1.../s1. The number of benzene rings is 2. The van der Waals surface area contributed by atoms with E-state index in [0.29, 0.717) is 11.7 Å². The van der Waals surface area contributed by atoms with Crippen molar-refractivity contribution in [3.8, 4) is 0 Å². The highest BCUT2D eigenvalue weighted by Gasteiger charge is 2.45. The van der Waals surface area contributed by atoms with Gasteiger partial charge in [-0.2, -0.15) is 13.2 Å². The van der Waals surface area contributed by atoms with Gasteiger partial charge in [0.15, 0.2) is 0 Å². The number of carbonyl (C=O) groups is 1. The number of hydrogen-bond acceptors (Lipinski definition) is 3. The van der Waals surface area contributed by atoms with E-state index in [1.165, 1.54) is 12.1 Å². The van der Waals surface area contributed by atoms with Crippen LogP contribution in [-0.4, -0.2) is 30.8 Å². The molecule has 1 unspecified atom stereocenters. The number of morpholine rings is 1. The molecule has 2 bridgehead atoms. The molecule has 2 heterocycles. The second-order valence-corrected chi connectivity index (χ2v) is 7.31. The van der Waals surface area contributed by atoms with Crippen LogP contribution in [0.3, 0.4) is 0 Å². The minimum atomic E-state index is -4.46. The van der Waals surface area contributed by atoms with Gasteiger partial charge in [-0.3, -0.25) is 0 Å². The first-order chi connectivity index (χ1) is 13.3. The second kappa shape index (κ2) is 7.10. The van der Waals surface area contributed by atoms with E-state index >= 15 is 0 Å². The lowest BCUT2D eigenvalue weighted by Crippen LogP contribution is -2.40. The molecule has 2 aromatic carbocycles. The van der Waals surface area contributed by atoms with Crippen molar-refractivity contribution in [2.45, 2.75) is 30.7 Å². The Bertz CT molecular complexity index is 874. The monoisotopic (exact) mass is 397 g/mol. The van der Waals surface area contributed by atoms with Gasteiger partial charge in [-0.25, -0.2) is 4.79 Å². The average molecular weight is 397 g/mol. The van der Waals surface area contributed by atoms with Crippen molar-refractivity contribution in [2.24, 2.45) is 0 Å². The van der Waals surface area contributed by atoms with Gasteiger partial charge in [0.2, 0.25) is 0 Å². The fraction of sp³-hybridized carbons (Fsp3) is 0.350. The SMILES string of the molecule is O=C(Nc1ccc(C[C@@]23CNC(CO2)C3)cc1)Nc1cccc(C(F)(F)F)c1.[HH].[HH].[HH]. The summed E-state index contributed by atoms with van der Waals surface area (Å²) in [6.45, 7) is 1.59. The van der Waals surface area contributed by atoms with Crippen LogP contribution in [0.4, 0.5) is 29.3 Å². The maximum absolute atomic E-state index is 12.7. The number of amides is 2. The fourth-order valence-corrected chi connectivity index (χ4v) is 3.76. The summed E-state index contributed by atoms with van der Waals surface area (Å²) in [5.41, 5.74) is 0.783. The van der Waals surface area contributed by atoms with Crippen LogP contribution in [0.5, 0.6) is 0 Å². The third-order valence-electron chi connectivity index (χ3n) is 5.11. The van der Waals surface area contributed by atoms with E-state index in [2.05, 4.69) is 16.0 Å². The van der Waals surface area contributed by atoms with E-state index in [4.69, 9.17) is 4.74 Å². The highest BCUT2D eigenvalue weighted by atomic mass is 19.4. The number of ether oxygens (including phenoxy) is 1. The first-order valence-corrected chi connectivity index (χ1v) is 9.03. The zero-order chi connectivity index (χ0) is 19.8. The van der Waals surface area contributed by atoms with Gasteiger partial charge in [-0.1, -0.05) is 18.2 Å². The molecule has 2 aliphatic rings. The molecular weight excluding hydrogens is 371 g/mol. The van der Waals surface area contributed by atoms with Crippen molar-refractivity contribution >= 4 is 17.4 Å². The molecule has 2 aliphatic heterocycles. The van der Waals surface area contributed by atoms with Crippen LogP contribution in [0.2, 0.25) is 0 Å². The van der Waals surface area contributed by atoms with Gasteiger partial charge in [-0.15, -0.1) is 0 Å². The Balaban J connectivity index is 0.00000160. The molecule has 2 atom stereocenters. The van der Waals surface area contributed by atoms with E-state index in [0.717, 1.165) is 43.7 Å². The summed E-state index contributed by atoms with van der Waals surface area (Å²) in [5, 5.41) is 8.48. The van der Waals surface area contributed by atoms with Crippen LogP contribution in [0, 0.1) is 0 Å². The number of carbonyl (C=O) groups excluding carboxylic acids is 1. The molecule has 5 nitrogen and oxygen atoms in total. The molecule has 0 aliphatic carbocycles. The molecule has 3 N–H and O–H groups in total. The first-order valence-electron chi connectivity index (χ1n) is 9.03. The minimum Gasteiger partial charge on any atom is -0.372 e. The Morgan fingerprint density at radius 1 is 1.18 bits per heavy atom. The van der Waals surface area contributed by atoms with E-state index < -0.39 is 17.8 Å². The summed E-state index contributed by atoms with van der Waals surface area (Å²) in [6.07, 6.45) is -2.65. The smallest absolute Gasteiger partial charge is 0.372 e. The second-order valence-electron chi connectivity index (χ2n) is 7.31. The quantitative estimate of drug-likeness (QED) is 0.697. The topological polar surface area (TPSA) is 62.4 Å². The Kier molecular flexibility index (Phi) is 4.76. The van der Waals surface area contributed by atoms with Crippen molar-refractivity contribution in [2.75, 3.05) is 23.8 Å². The molecule has 8 heteroatoms. The van der Waals surface area contributed by atoms with Crippen molar-refractivity contribution < 1.29 is 27.0 Å². The maximum atomic E-state index is 12.7. The van der Waals surface area contributed by atoms with Crippen molar-refractivity contribution in [3.05, 3.63) is 59.7 Å². The molecule has 0 aromatic heterocycles. The lowest BCUT2D eigenvalue weighted by atomic mass is 9.93. The van der Waals surface area contributed by atoms with Crippen molar-refractivity contribution in [1.29, 1.82) is 0 Å². The van der Waals surface area contributed by atoms with Gasteiger partial charge in [0, 0.05) is 34.7 Å². The summed E-state index contributed by atoms with van der Waals surface area (Å²) in [6, 6.07) is 11.7. The first kappa shape index (κ1) is 18.8. The Labute approximate surface area is 164 Å². The number of fused-ring (bicyclic) bond motifs is 2. The summed E-state index contributed by atoms with van der Waals surface area (Å²) < 4.78 is 44.2. The molecule has 2 fully saturated rings. The van der Waals surface area contributed by atoms with Crippen LogP contribution in [0.1, 0.15) is 21.8 Å². The van der Waals surface area contributed by atoms with Gasteiger partial charge in [-0.05, 0) is 42.3 Å². The molecular formula is C20H26F3N3O2. The van der Waals surface area contributed by atoms with Crippen LogP contribution >= 0.6 is 0 Å². The van der Waals surface area contributed by atoms with E-state index in [1.807, 2.05) is 12.1 Å². The van der Waals surface area contributed by atoms with Gasteiger partial charge in [0.05, 0.1) is 17.8 Å². The molecule has 0 radical (unpaired) electrons. The molecule has 154 valence electrons. The number of alkyl halides is 3. The summed E-state index contributed by atoms with van der Waals surface area (Å²) in [7, 11) is 0.